The number of piperazine rings is 1. The Balaban J connectivity index is 1.17. The lowest BCUT2D eigenvalue weighted by atomic mass is 10.1. The van der Waals surface area contributed by atoms with Gasteiger partial charge < -0.3 is 19.3 Å². The second-order valence-corrected chi connectivity index (χ2v) is 8.50. The minimum Gasteiger partial charge on any atom is -0.497 e. The first-order chi connectivity index (χ1) is 17.1. The Hall–Kier alpha value is -3.98. The molecule has 5 rings (SSSR count). The number of benzene rings is 2. The molecule has 0 unspecified atom stereocenters. The molecule has 9 heteroatoms. The molecule has 0 aliphatic carbocycles. The summed E-state index contributed by atoms with van der Waals surface area (Å²) in [5.41, 5.74) is 3.02. The molecule has 2 aliphatic rings. The average molecular weight is 474 g/mol. The van der Waals surface area contributed by atoms with Crippen LogP contribution in [0.2, 0.25) is 0 Å². The van der Waals surface area contributed by atoms with Gasteiger partial charge in [-0.15, -0.1) is 5.10 Å². The largest absolute Gasteiger partial charge is 0.497 e. The molecule has 2 aromatic carbocycles. The van der Waals surface area contributed by atoms with E-state index in [0.717, 1.165) is 16.9 Å². The summed E-state index contributed by atoms with van der Waals surface area (Å²) in [6.45, 7) is 2.62. The summed E-state index contributed by atoms with van der Waals surface area (Å²) in [7, 11) is 1.62. The van der Waals surface area contributed by atoms with Gasteiger partial charge in [0.1, 0.15) is 11.9 Å². The van der Waals surface area contributed by atoms with Crippen molar-refractivity contribution in [2.45, 2.75) is 19.3 Å². The highest BCUT2D eigenvalue weighted by Crippen LogP contribution is 2.27. The standard InChI is InChI=1S/C26H27N5O4/c1-34-21-10-7-19(8-11-21)9-12-24(32)29-13-15-30(16-14-29)26(33)25-22-18-35-23(17-31(22)28-27-25)20-5-3-2-4-6-20/h2-12,23H,13-18H2,1H3/b12-9+/t23-/m1/s1. The van der Waals surface area contributed by atoms with Crippen molar-refractivity contribution in [1.29, 1.82) is 0 Å². The maximum Gasteiger partial charge on any atom is 0.276 e. The fourth-order valence-corrected chi connectivity index (χ4v) is 4.31. The Morgan fingerprint density at radius 2 is 1.71 bits per heavy atom. The summed E-state index contributed by atoms with van der Waals surface area (Å²) in [6, 6.07) is 17.4. The fourth-order valence-electron chi connectivity index (χ4n) is 4.31. The van der Waals surface area contributed by atoms with Gasteiger partial charge in [-0.05, 0) is 29.3 Å². The molecule has 3 heterocycles. The minimum atomic E-state index is -0.172. The molecular formula is C26H27N5O4. The molecule has 1 saturated heterocycles. The van der Waals surface area contributed by atoms with Crippen LogP contribution in [0.4, 0.5) is 0 Å². The number of amides is 2. The first-order valence-corrected chi connectivity index (χ1v) is 11.6. The molecule has 1 atom stereocenters. The Kier molecular flexibility index (Phi) is 6.58. The van der Waals surface area contributed by atoms with Crippen molar-refractivity contribution in [1.82, 2.24) is 24.8 Å². The van der Waals surface area contributed by atoms with Crippen LogP contribution in [0.25, 0.3) is 6.08 Å². The third kappa shape index (κ3) is 4.95. The zero-order valence-electron chi connectivity index (χ0n) is 19.5. The molecule has 0 spiro atoms. The predicted octanol–water partition coefficient (Wildman–Crippen LogP) is 2.56. The van der Waals surface area contributed by atoms with Gasteiger partial charge in [0.2, 0.25) is 5.91 Å². The van der Waals surface area contributed by atoms with Gasteiger partial charge in [0, 0.05) is 32.3 Å². The molecule has 0 radical (unpaired) electrons. The van der Waals surface area contributed by atoms with Crippen LogP contribution in [-0.4, -0.2) is 69.9 Å². The maximum absolute atomic E-state index is 13.2. The number of hydrogen-bond donors (Lipinski definition) is 0. The van der Waals surface area contributed by atoms with Crippen LogP contribution >= 0.6 is 0 Å². The van der Waals surface area contributed by atoms with Gasteiger partial charge in [0.05, 0.1) is 26.0 Å². The number of ether oxygens (including phenoxy) is 2. The quantitative estimate of drug-likeness (QED) is 0.529. The van der Waals surface area contributed by atoms with Crippen LogP contribution in [0, 0.1) is 0 Å². The van der Waals surface area contributed by atoms with E-state index in [2.05, 4.69) is 10.3 Å². The molecule has 0 N–H and O–H groups in total. The van der Waals surface area contributed by atoms with Gasteiger partial charge in [-0.2, -0.15) is 0 Å². The molecule has 9 nitrogen and oxygen atoms in total. The lowest BCUT2D eigenvalue weighted by Gasteiger charge is -2.34. The second kappa shape index (κ2) is 10.1. The topological polar surface area (TPSA) is 89.8 Å². The lowest BCUT2D eigenvalue weighted by Crippen LogP contribution is -2.50. The molecule has 0 bridgehead atoms. The molecular weight excluding hydrogens is 446 g/mol. The van der Waals surface area contributed by atoms with E-state index < -0.39 is 0 Å². The molecule has 0 saturated carbocycles. The Labute approximate surface area is 203 Å². The average Bonchev–Trinajstić information content (AvgIpc) is 3.35. The van der Waals surface area contributed by atoms with Gasteiger partial charge in [-0.1, -0.05) is 47.7 Å². The first-order valence-electron chi connectivity index (χ1n) is 11.6. The molecule has 1 fully saturated rings. The van der Waals surface area contributed by atoms with E-state index >= 15 is 0 Å². The summed E-state index contributed by atoms with van der Waals surface area (Å²) < 4.78 is 12.9. The number of fused-ring (bicyclic) bond motifs is 1. The zero-order valence-corrected chi connectivity index (χ0v) is 19.5. The van der Waals surface area contributed by atoms with Gasteiger partial charge in [-0.3, -0.25) is 9.59 Å². The van der Waals surface area contributed by atoms with Crippen LogP contribution in [0.3, 0.4) is 0 Å². The van der Waals surface area contributed by atoms with E-state index in [1.807, 2.05) is 54.6 Å². The third-order valence-corrected chi connectivity index (χ3v) is 6.38. The van der Waals surface area contributed by atoms with Crippen LogP contribution in [0.5, 0.6) is 5.75 Å². The zero-order chi connectivity index (χ0) is 24.2. The number of carbonyl (C=O) groups is 2. The Bertz CT molecular complexity index is 1210. The lowest BCUT2D eigenvalue weighted by molar-refractivity contribution is -0.127. The van der Waals surface area contributed by atoms with Gasteiger partial charge in [0.25, 0.3) is 5.91 Å². The molecule has 2 amide bonds. The number of methoxy groups -OCH3 is 1. The highest BCUT2D eigenvalue weighted by Gasteiger charge is 2.31. The maximum atomic E-state index is 13.2. The Morgan fingerprint density at radius 1 is 1.00 bits per heavy atom. The van der Waals surface area contributed by atoms with Crippen LogP contribution in [0.15, 0.2) is 60.7 Å². The van der Waals surface area contributed by atoms with Crippen molar-refractivity contribution >= 4 is 17.9 Å². The van der Waals surface area contributed by atoms with Crippen molar-refractivity contribution in [3.63, 3.8) is 0 Å². The highest BCUT2D eigenvalue weighted by atomic mass is 16.5. The number of hydrogen-bond acceptors (Lipinski definition) is 6. The molecule has 1 aromatic heterocycles. The molecule has 35 heavy (non-hydrogen) atoms. The SMILES string of the molecule is COc1ccc(/C=C/C(=O)N2CCN(C(=O)c3nnn4c3CO[C@@H](c3ccccc3)C4)CC2)cc1. The van der Waals surface area contributed by atoms with E-state index in [1.54, 1.807) is 33.7 Å². The fraction of sp³-hybridized carbons (Fsp3) is 0.308. The van der Waals surface area contributed by atoms with Crippen molar-refractivity contribution in [2.24, 2.45) is 0 Å². The van der Waals surface area contributed by atoms with E-state index in [4.69, 9.17) is 9.47 Å². The van der Waals surface area contributed by atoms with Crippen LogP contribution < -0.4 is 4.74 Å². The highest BCUT2D eigenvalue weighted by molar-refractivity contribution is 5.94. The van der Waals surface area contributed by atoms with Crippen molar-refractivity contribution < 1.29 is 19.1 Å². The minimum absolute atomic E-state index is 0.0747. The summed E-state index contributed by atoms with van der Waals surface area (Å²) >= 11 is 0. The van der Waals surface area contributed by atoms with Gasteiger partial charge in [0.15, 0.2) is 5.69 Å². The smallest absolute Gasteiger partial charge is 0.276 e. The normalized spacial score (nSPS) is 17.9. The summed E-state index contributed by atoms with van der Waals surface area (Å²) in [5, 5.41) is 8.38. The number of nitrogens with zero attached hydrogens (tertiary/aromatic N) is 5. The predicted molar refractivity (Wildman–Crippen MR) is 129 cm³/mol. The van der Waals surface area contributed by atoms with E-state index in [0.29, 0.717) is 44.1 Å². The van der Waals surface area contributed by atoms with E-state index in [9.17, 15) is 9.59 Å². The third-order valence-electron chi connectivity index (χ3n) is 6.38. The summed E-state index contributed by atoms with van der Waals surface area (Å²) in [4.78, 5) is 29.2. The molecule has 3 aromatic rings. The molecule has 2 aliphatic heterocycles. The monoisotopic (exact) mass is 473 g/mol. The van der Waals surface area contributed by atoms with Crippen molar-refractivity contribution in [2.75, 3.05) is 33.3 Å². The first kappa shape index (κ1) is 22.8. The van der Waals surface area contributed by atoms with Gasteiger partial charge in [-0.25, -0.2) is 4.68 Å². The summed E-state index contributed by atoms with van der Waals surface area (Å²) in [5.74, 6) is 0.522. The summed E-state index contributed by atoms with van der Waals surface area (Å²) in [6.07, 6.45) is 3.23. The molecule has 180 valence electrons. The number of carbonyl (C=O) groups excluding carboxylic acids is 2. The Morgan fingerprint density at radius 3 is 2.43 bits per heavy atom. The van der Waals surface area contributed by atoms with E-state index in [1.165, 1.54) is 0 Å². The van der Waals surface area contributed by atoms with Crippen LogP contribution in [0.1, 0.15) is 33.4 Å². The number of rotatable bonds is 5. The number of aromatic nitrogens is 3. The van der Waals surface area contributed by atoms with Gasteiger partial charge >= 0.3 is 0 Å². The second-order valence-electron chi connectivity index (χ2n) is 8.50. The van der Waals surface area contributed by atoms with Crippen molar-refractivity contribution in [3.05, 3.63) is 83.2 Å². The van der Waals surface area contributed by atoms with Crippen LogP contribution in [-0.2, 0) is 22.7 Å². The van der Waals surface area contributed by atoms with Crippen molar-refractivity contribution in [3.8, 4) is 5.75 Å². The van der Waals surface area contributed by atoms with E-state index in [-0.39, 0.29) is 24.5 Å².